The number of rotatable bonds is 2. The van der Waals surface area contributed by atoms with Crippen LogP contribution in [0.2, 0.25) is 0 Å². The second-order valence-corrected chi connectivity index (χ2v) is 2.58. The Balaban J connectivity index is 2.43. The fourth-order valence-corrected chi connectivity index (χ4v) is 0.946. The average molecular weight is 182 g/mol. The van der Waals surface area contributed by atoms with Gasteiger partial charge in [-0.3, -0.25) is 10.4 Å². The van der Waals surface area contributed by atoms with Crippen LogP contribution in [-0.2, 0) is 6.54 Å². The standard InChI is InChI=1S/C8H14N4O/c1-6-3-4-7(13-6)5-11-8(10-2)12-9/h3-4H,5,9H2,1-2H3,(H2,10,11,12). The predicted octanol–water partition coefficient (Wildman–Crippen LogP) is 0.127. The number of aliphatic imine (C=N–C) groups is 1. The van der Waals surface area contributed by atoms with Gasteiger partial charge in [0.25, 0.3) is 0 Å². The number of hydrogen-bond acceptors (Lipinski definition) is 3. The molecule has 4 N–H and O–H groups in total. The van der Waals surface area contributed by atoms with Gasteiger partial charge in [-0.15, -0.1) is 0 Å². The highest BCUT2D eigenvalue weighted by molar-refractivity contribution is 5.78. The molecular weight excluding hydrogens is 168 g/mol. The van der Waals surface area contributed by atoms with E-state index in [-0.39, 0.29) is 0 Å². The Kier molecular flexibility index (Phi) is 3.33. The summed E-state index contributed by atoms with van der Waals surface area (Å²) < 4.78 is 5.34. The van der Waals surface area contributed by atoms with Crippen molar-refractivity contribution in [3.8, 4) is 0 Å². The molecule has 0 atom stereocenters. The Morgan fingerprint density at radius 1 is 1.62 bits per heavy atom. The zero-order chi connectivity index (χ0) is 9.68. The first-order valence-electron chi connectivity index (χ1n) is 3.99. The van der Waals surface area contributed by atoms with Crippen LogP contribution in [0.3, 0.4) is 0 Å². The van der Waals surface area contributed by atoms with Gasteiger partial charge in [-0.25, -0.2) is 5.84 Å². The van der Waals surface area contributed by atoms with Crippen LogP contribution in [0.4, 0.5) is 0 Å². The van der Waals surface area contributed by atoms with Gasteiger partial charge in [0.2, 0.25) is 5.96 Å². The van der Waals surface area contributed by atoms with Gasteiger partial charge in [0.1, 0.15) is 11.5 Å². The third-order valence-corrected chi connectivity index (χ3v) is 1.59. The van der Waals surface area contributed by atoms with E-state index in [1.54, 1.807) is 7.05 Å². The maximum Gasteiger partial charge on any atom is 0.205 e. The van der Waals surface area contributed by atoms with Crippen LogP contribution in [0.1, 0.15) is 11.5 Å². The summed E-state index contributed by atoms with van der Waals surface area (Å²) in [7, 11) is 1.65. The molecule has 0 bridgehead atoms. The Labute approximate surface area is 77.0 Å². The number of nitrogens with one attached hydrogen (secondary N) is 2. The van der Waals surface area contributed by atoms with Crippen molar-refractivity contribution in [2.24, 2.45) is 10.8 Å². The zero-order valence-electron chi connectivity index (χ0n) is 7.79. The Morgan fingerprint density at radius 3 is 2.85 bits per heavy atom. The Hall–Kier alpha value is -1.49. The molecular formula is C8H14N4O. The van der Waals surface area contributed by atoms with E-state index in [0.29, 0.717) is 12.5 Å². The fourth-order valence-electron chi connectivity index (χ4n) is 0.946. The number of aryl methyl sites for hydroxylation is 1. The van der Waals surface area contributed by atoms with E-state index in [9.17, 15) is 0 Å². The molecule has 1 aromatic rings. The van der Waals surface area contributed by atoms with E-state index in [2.05, 4.69) is 15.7 Å². The summed E-state index contributed by atoms with van der Waals surface area (Å²) >= 11 is 0. The summed E-state index contributed by atoms with van der Waals surface area (Å²) in [5.74, 6) is 7.47. The van der Waals surface area contributed by atoms with Crippen LogP contribution in [0.25, 0.3) is 0 Å². The second kappa shape index (κ2) is 4.51. The van der Waals surface area contributed by atoms with Gasteiger partial charge in [-0.05, 0) is 19.1 Å². The molecule has 1 heterocycles. The van der Waals surface area contributed by atoms with Crippen molar-refractivity contribution in [1.29, 1.82) is 0 Å². The third kappa shape index (κ3) is 2.79. The average Bonchev–Trinajstić information content (AvgIpc) is 2.53. The highest BCUT2D eigenvalue weighted by Crippen LogP contribution is 2.04. The van der Waals surface area contributed by atoms with Crippen LogP contribution < -0.4 is 16.6 Å². The lowest BCUT2D eigenvalue weighted by atomic mass is 10.4. The zero-order valence-corrected chi connectivity index (χ0v) is 7.79. The minimum atomic E-state index is 0.536. The highest BCUT2D eigenvalue weighted by Gasteiger charge is 1.98. The molecule has 72 valence electrons. The first kappa shape index (κ1) is 9.60. The molecule has 5 nitrogen and oxygen atoms in total. The largest absolute Gasteiger partial charge is 0.465 e. The Bertz CT molecular complexity index is 292. The number of furan rings is 1. The maximum atomic E-state index is 5.34. The van der Waals surface area contributed by atoms with Crippen molar-refractivity contribution in [3.05, 3.63) is 23.7 Å². The van der Waals surface area contributed by atoms with Gasteiger partial charge in [0.05, 0.1) is 6.54 Å². The summed E-state index contributed by atoms with van der Waals surface area (Å²) in [6, 6.07) is 3.82. The maximum absolute atomic E-state index is 5.34. The molecule has 0 aliphatic heterocycles. The summed E-state index contributed by atoms with van der Waals surface area (Å²) in [6.45, 7) is 2.48. The van der Waals surface area contributed by atoms with E-state index in [1.165, 1.54) is 0 Å². The van der Waals surface area contributed by atoms with Crippen molar-refractivity contribution in [3.63, 3.8) is 0 Å². The van der Waals surface area contributed by atoms with Crippen molar-refractivity contribution in [2.45, 2.75) is 13.5 Å². The van der Waals surface area contributed by atoms with Crippen LogP contribution in [-0.4, -0.2) is 13.0 Å². The lowest BCUT2D eigenvalue weighted by Gasteiger charge is -2.05. The molecule has 0 unspecified atom stereocenters. The number of hydrogen-bond donors (Lipinski definition) is 3. The Morgan fingerprint density at radius 2 is 2.38 bits per heavy atom. The smallest absolute Gasteiger partial charge is 0.205 e. The molecule has 0 spiro atoms. The molecule has 5 heteroatoms. The molecule has 0 aliphatic rings. The number of guanidine groups is 1. The van der Waals surface area contributed by atoms with E-state index >= 15 is 0 Å². The normalized spacial score (nSPS) is 11.5. The molecule has 0 aromatic carbocycles. The number of hydrazine groups is 1. The van der Waals surface area contributed by atoms with Gasteiger partial charge in [-0.1, -0.05) is 0 Å². The van der Waals surface area contributed by atoms with Gasteiger partial charge in [-0.2, -0.15) is 0 Å². The molecule has 13 heavy (non-hydrogen) atoms. The van der Waals surface area contributed by atoms with E-state index < -0.39 is 0 Å². The topological polar surface area (TPSA) is 75.6 Å². The quantitative estimate of drug-likeness (QED) is 0.263. The first-order chi connectivity index (χ1) is 6.26. The number of nitrogens with two attached hydrogens (primary N) is 1. The van der Waals surface area contributed by atoms with Crippen LogP contribution in [0.15, 0.2) is 21.5 Å². The van der Waals surface area contributed by atoms with Crippen molar-refractivity contribution in [1.82, 2.24) is 10.7 Å². The molecule has 0 amide bonds. The van der Waals surface area contributed by atoms with E-state index in [4.69, 9.17) is 10.3 Å². The molecule has 0 saturated heterocycles. The first-order valence-corrected chi connectivity index (χ1v) is 3.99. The van der Waals surface area contributed by atoms with Gasteiger partial charge in [0, 0.05) is 7.05 Å². The molecule has 0 saturated carbocycles. The third-order valence-electron chi connectivity index (χ3n) is 1.59. The monoisotopic (exact) mass is 182 g/mol. The molecule has 0 aliphatic carbocycles. The lowest BCUT2D eigenvalue weighted by Crippen LogP contribution is -2.40. The highest BCUT2D eigenvalue weighted by atomic mass is 16.3. The second-order valence-electron chi connectivity index (χ2n) is 2.58. The SMILES string of the molecule is CN=C(NN)NCc1ccc(C)o1. The van der Waals surface area contributed by atoms with E-state index in [1.807, 2.05) is 19.1 Å². The van der Waals surface area contributed by atoms with Crippen LogP contribution in [0, 0.1) is 6.92 Å². The molecule has 1 rings (SSSR count). The summed E-state index contributed by atoms with van der Waals surface area (Å²) in [5, 5.41) is 2.97. The summed E-state index contributed by atoms with van der Waals surface area (Å²) in [4.78, 5) is 3.86. The van der Waals surface area contributed by atoms with Crippen LogP contribution in [0.5, 0.6) is 0 Å². The fraction of sp³-hybridized carbons (Fsp3) is 0.375. The van der Waals surface area contributed by atoms with Crippen molar-refractivity contribution in [2.75, 3.05) is 7.05 Å². The lowest BCUT2D eigenvalue weighted by molar-refractivity contribution is 0.477. The van der Waals surface area contributed by atoms with Crippen molar-refractivity contribution < 1.29 is 4.42 Å². The molecule has 0 fully saturated rings. The number of nitrogens with zero attached hydrogens (tertiary/aromatic N) is 1. The molecule has 0 radical (unpaired) electrons. The van der Waals surface area contributed by atoms with Crippen LogP contribution >= 0.6 is 0 Å². The summed E-state index contributed by atoms with van der Waals surface area (Å²) in [6.07, 6.45) is 0. The minimum absolute atomic E-state index is 0.536. The summed E-state index contributed by atoms with van der Waals surface area (Å²) in [5.41, 5.74) is 2.43. The van der Waals surface area contributed by atoms with Crippen molar-refractivity contribution >= 4 is 5.96 Å². The van der Waals surface area contributed by atoms with E-state index in [0.717, 1.165) is 11.5 Å². The van der Waals surface area contributed by atoms with Gasteiger partial charge < -0.3 is 9.73 Å². The van der Waals surface area contributed by atoms with Gasteiger partial charge >= 0.3 is 0 Å². The molecule has 1 aromatic heterocycles. The minimum Gasteiger partial charge on any atom is -0.465 e. The van der Waals surface area contributed by atoms with Gasteiger partial charge in [0.15, 0.2) is 0 Å². The predicted molar refractivity (Wildman–Crippen MR) is 51.0 cm³/mol.